The summed E-state index contributed by atoms with van der Waals surface area (Å²) in [5, 5.41) is 12.4. The highest BCUT2D eigenvalue weighted by Crippen LogP contribution is 2.23. The zero-order valence-electron chi connectivity index (χ0n) is 8.68. The standard InChI is InChI=1S/C10H15N3O2/c1-10(9(14)15,12-8-2-3-8)6-13-5-4-11-7-13/h4-5,7-8,12H,2-3,6H2,1H3,(H,14,15). The molecule has 5 heteroatoms. The fourth-order valence-corrected chi connectivity index (χ4v) is 1.60. The first-order valence-corrected chi connectivity index (χ1v) is 5.07. The van der Waals surface area contributed by atoms with Crippen molar-refractivity contribution in [2.45, 2.75) is 37.9 Å². The molecule has 0 radical (unpaired) electrons. The monoisotopic (exact) mass is 209 g/mol. The van der Waals surface area contributed by atoms with Gasteiger partial charge in [0.15, 0.2) is 0 Å². The molecule has 1 aliphatic rings. The van der Waals surface area contributed by atoms with Crippen molar-refractivity contribution < 1.29 is 9.90 Å². The average molecular weight is 209 g/mol. The number of imidazole rings is 1. The number of rotatable bonds is 5. The molecular formula is C10H15N3O2. The van der Waals surface area contributed by atoms with Crippen LogP contribution in [0, 0.1) is 0 Å². The number of carboxylic acids is 1. The van der Waals surface area contributed by atoms with Gasteiger partial charge in [-0.15, -0.1) is 0 Å². The van der Waals surface area contributed by atoms with Gasteiger partial charge in [-0.2, -0.15) is 0 Å². The first-order valence-electron chi connectivity index (χ1n) is 5.07. The molecule has 1 aromatic rings. The maximum absolute atomic E-state index is 11.2. The lowest BCUT2D eigenvalue weighted by Gasteiger charge is -2.26. The van der Waals surface area contributed by atoms with E-state index in [1.807, 2.05) is 0 Å². The average Bonchev–Trinajstić information content (AvgIpc) is 2.80. The third kappa shape index (κ3) is 2.36. The first-order chi connectivity index (χ1) is 7.10. The van der Waals surface area contributed by atoms with Crippen LogP contribution in [0.2, 0.25) is 0 Å². The molecule has 1 heterocycles. The summed E-state index contributed by atoms with van der Waals surface area (Å²) in [7, 11) is 0. The first kappa shape index (κ1) is 10.2. The van der Waals surface area contributed by atoms with Gasteiger partial charge in [0.1, 0.15) is 5.54 Å². The quantitative estimate of drug-likeness (QED) is 0.740. The summed E-state index contributed by atoms with van der Waals surface area (Å²) in [6, 6.07) is 0.370. The minimum Gasteiger partial charge on any atom is -0.480 e. The van der Waals surface area contributed by atoms with Crippen LogP contribution in [0.1, 0.15) is 19.8 Å². The SMILES string of the molecule is CC(Cn1ccnc1)(NC1CC1)C(=O)O. The Morgan fingerprint density at radius 3 is 2.93 bits per heavy atom. The topological polar surface area (TPSA) is 67.2 Å². The van der Waals surface area contributed by atoms with E-state index >= 15 is 0 Å². The molecule has 0 saturated heterocycles. The summed E-state index contributed by atoms with van der Waals surface area (Å²) in [5.41, 5.74) is -0.901. The molecule has 15 heavy (non-hydrogen) atoms. The van der Waals surface area contributed by atoms with Crippen LogP contribution in [0.4, 0.5) is 0 Å². The molecule has 0 amide bonds. The van der Waals surface area contributed by atoms with E-state index in [0.29, 0.717) is 12.6 Å². The molecule has 0 aliphatic heterocycles. The van der Waals surface area contributed by atoms with Crippen LogP contribution in [0.5, 0.6) is 0 Å². The summed E-state index contributed by atoms with van der Waals surface area (Å²) in [5.74, 6) is -0.817. The number of aliphatic carboxylic acids is 1. The van der Waals surface area contributed by atoms with Crippen molar-refractivity contribution >= 4 is 5.97 Å². The van der Waals surface area contributed by atoms with E-state index in [0.717, 1.165) is 12.8 Å². The van der Waals surface area contributed by atoms with Crippen LogP contribution >= 0.6 is 0 Å². The number of aromatic nitrogens is 2. The number of nitrogens with zero attached hydrogens (tertiary/aromatic N) is 2. The molecule has 1 unspecified atom stereocenters. The maximum atomic E-state index is 11.2. The van der Waals surface area contributed by atoms with Crippen molar-refractivity contribution in [1.82, 2.24) is 14.9 Å². The Kier molecular flexibility index (Phi) is 2.48. The normalized spacial score (nSPS) is 19.8. The lowest BCUT2D eigenvalue weighted by molar-refractivity contribution is -0.144. The molecule has 5 nitrogen and oxygen atoms in total. The molecule has 2 N–H and O–H groups in total. The van der Waals surface area contributed by atoms with Gasteiger partial charge in [-0.3, -0.25) is 10.1 Å². The smallest absolute Gasteiger partial charge is 0.325 e. The Labute approximate surface area is 88.1 Å². The van der Waals surface area contributed by atoms with E-state index in [-0.39, 0.29) is 0 Å². The zero-order valence-corrected chi connectivity index (χ0v) is 8.68. The van der Waals surface area contributed by atoms with Gasteiger partial charge in [0.25, 0.3) is 0 Å². The Hall–Kier alpha value is -1.36. The Bertz CT molecular complexity index is 346. The molecule has 82 valence electrons. The van der Waals surface area contributed by atoms with E-state index in [9.17, 15) is 9.90 Å². The fourth-order valence-electron chi connectivity index (χ4n) is 1.60. The van der Waals surface area contributed by atoms with Gasteiger partial charge in [0.05, 0.1) is 12.9 Å². The van der Waals surface area contributed by atoms with Gasteiger partial charge in [0, 0.05) is 18.4 Å². The number of carbonyl (C=O) groups is 1. The van der Waals surface area contributed by atoms with E-state index < -0.39 is 11.5 Å². The predicted octanol–water partition coefficient (Wildman–Crippen LogP) is 0.478. The number of hydrogen-bond acceptors (Lipinski definition) is 3. The second-order valence-corrected chi connectivity index (χ2v) is 4.29. The minimum atomic E-state index is -0.901. The summed E-state index contributed by atoms with van der Waals surface area (Å²) >= 11 is 0. The Morgan fingerprint density at radius 2 is 2.47 bits per heavy atom. The van der Waals surface area contributed by atoms with Crippen LogP contribution in [-0.4, -0.2) is 32.2 Å². The van der Waals surface area contributed by atoms with E-state index in [1.54, 1.807) is 30.2 Å². The zero-order chi connectivity index (χ0) is 10.9. The molecule has 0 aromatic carbocycles. The third-order valence-electron chi connectivity index (χ3n) is 2.63. The van der Waals surface area contributed by atoms with Gasteiger partial charge in [0.2, 0.25) is 0 Å². The van der Waals surface area contributed by atoms with E-state index in [2.05, 4.69) is 10.3 Å². The van der Waals surface area contributed by atoms with Crippen molar-refractivity contribution in [3.8, 4) is 0 Å². The number of carboxylic acid groups (broad SMARTS) is 1. The lowest BCUT2D eigenvalue weighted by Crippen LogP contribution is -2.53. The predicted molar refractivity (Wildman–Crippen MR) is 54.4 cm³/mol. The molecule has 1 saturated carbocycles. The van der Waals surface area contributed by atoms with Crippen molar-refractivity contribution in [2.75, 3.05) is 0 Å². The summed E-state index contributed by atoms with van der Waals surface area (Å²) in [4.78, 5) is 15.1. The van der Waals surface area contributed by atoms with Crippen molar-refractivity contribution in [3.63, 3.8) is 0 Å². The molecule has 1 fully saturated rings. The fraction of sp³-hybridized carbons (Fsp3) is 0.600. The number of nitrogens with one attached hydrogen (secondary N) is 1. The van der Waals surface area contributed by atoms with Crippen molar-refractivity contribution in [2.24, 2.45) is 0 Å². The third-order valence-corrected chi connectivity index (χ3v) is 2.63. The molecule has 1 aromatic heterocycles. The highest BCUT2D eigenvalue weighted by Gasteiger charge is 2.38. The highest BCUT2D eigenvalue weighted by atomic mass is 16.4. The molecule has 1 aliphatic carbocycles. The van der Waals surface area contributed by atoms with E-state index in [1.165, 1.54) is 0 Å². The van der Waals surface area contributed by atoms with Crippen LogP contribution in [0.25, 0.3) is 0 Å². The lowest BCUT2D eigenvalue weighted by atomic mass is 10.0. The van der Waals surface area contributed by atoms with Crippen LogP contribution < -0.4 is 5.32 Å². The van der Waals surface area contributed by atoms with Crippen LogP contribution in [0.15, 0.2) is 18.7 Å². The summed E-state index contributed by atoms with van der Waals surface area (Å²) < 4.78 is 1.78. The maximum Gasteiger partial charge on any atom is 0.325 e. The summed E-state index contributed by atoms with van der Waals surface area (Å²) in [6.45, 7) is 2.12. The minimum absolute atomic E-state index is 0.370. The molecule has 1 atom stereocenters. The molecule has 0 spiro atoms. The Morgan fingerprint density at radius 1 is 1.73 bits per heavy atom. The summed E-state index contributed by atoms with van der Waals surface area (Å²) in [6.07, 6.45) is 7.21. The van der Waals surface area contributed by atoms with Crippen LogP contribution in [-0.2, 0) is 11.3 Å². The van der Waals surface area contributed by atoms with Gasteiger partial charge >= 0.3 is 5.97 Å². The Balaban J connectivity index is 2.07. The van der Waals surface area contributed by atoms with Crippen LogP contribution in [0.3, 0.4) is 0 Å². The van der Waals surface area contributed by atoms with Gasteiger partial charge in [-0.25, -0.2) is 4.98 Å². The highest BCUT2D eigenvalue weighted by molar-refractivity contribution is 5.78. The van der Waals surface area contributed by atoms with E-state index in [4.69, 9.17) is 0 Å². The molecule has 0 bridgehead atoms. The van der Waals surface area contributed by atoms with Crippen molar-refractivity contribution in [3.05, 3.63) is 18.7 Å². The van der Waals surface area contributed by atoms with Gasteiger partial charge in [-0.1, -0.05) is 0 Å². The number of hydrogen-bond donors (Lipinski definition) is 2. The van der Waals surface area contributed by atoms with Crippen molar-refractivity contribution in [1.29, 1.82) is 0 Å². The van der Waals surface area contributed by atoms with Gasteiger partial charge < -0.3 is 9.67 Å². The molecular weight excluding hydrogens is 194 g/mol. The van der Waals surface area contributed by atoms with Gasteiger partial charge in [-0.05, 0) is 19.8 Å². The second-order valence-electron chi connectivity index (χ2n) is 4.29. The second kappa shape index (κ2) is 3.66. The largest absolute Gasteiger partial charge is 0.480 e. The molecule has 2 rings (SSSR count).